The lowest BCUT2D eigenvalue weighted by molar-refractivity contribution is 0.407. The van der Waals surface area contributed by atoms with Gasteiger partial charge in [0.25, 0.3) is 0 Å². The quantitative estimate of drug-likeness (QED) is 0.542. The predicted molar refractivity (Wildman–Crippen MR) is 94.4 cm³/mol. The molecule has 4 aromatic rings. The largest absolute Gasteiger partial charge is 0.497 e. The summed E-state index contributed by atoms with van der Waals surface area (Å²) in [6.07, 6.45) is 1.48. The van der Waals surface area contributed by atoms with Gasteiger partial charge in [0, 0.05) is 25.2 Å². The molecule has 8 heteroatoms. The molecule has 2 heterocycles. The van der Waals surface area contributed by atoms with Gasteiger partial charge in [-0.2, -0.15) is 5.10 Å². The standard InChI is InChI=1S/C19H15F3N4O/c1-10-17(18-13(21)7-12(27-3)8-14(18)22)19(25(2)24-10)26-9-23-15-6-11(20)4-5-16(15)26/h4-9H,1-3H3. The van der Waals surface area contributed by atoms with E-state index >= 15 is 0 Å². The molecule has 0 aliphatic carbocycles. The molecule has 0 saturated carbocycles. The van der Waals surface area contributed by atoms with Crippen molar-refractivity contribution < 1.29 is 17.9 Å². The zero-order chi connectivity index (χ0) is 19.3. The lowest BCUT2D eigenvalue weighted by Crippen LogP contribution is -2.04. The molecule has 0 N–H and O–H groups in total. The average Bonchev–Trinajstić information content (AvgIpc) is 3.14. The number of halogens is 3. The van der Waals surface area contributed by atoms with Gasteiger partial charge in [-0.05, 0) is 19.1 Å². The number of hydrogen-bond donors (Lipinski definition) is 0. The molecule has 0 unspecified atom stereocenters. The van der Waals surface area contributed by atoms with Gasteiger partial charge in [-0.1, -0.05) is 0 Å². The first kappa shape index (κ1) is 17.1. The van der Waals surface area contributed by atoms with E-state index in [1.54, 1.807) is 24.6 Å². The van der Waals surface area contributed by atoms with Gasteiger partial charge in [0.05, 0.1) is 35.0 Å². The van der Waals surface area contributed by atoms with E-state index in [4.69, 9.17) is 4.74 Å². The van der Waals surface area contributed by atoms with Gasteiger partial charge in [-0.15, -0.1) is 0 Å². The zero-order valence-corrected chi connectivity index (χ0v) is 14.8. The second kappa shape index (κ2) is 6.15. The first-order chi connectivity index (χ1) is 12.9. The van der Waals surface area contributed by atoms with E-state index in [0.29, 0.717) is 28.1 Å². The molecule has 0 amide bonds. The van der Waals surface area contributed by atoms with Crippen LogP contribution in [-0.4, -0.2) is 26.4 Å². The van der Waals surface area contributed by atoms with Crippen LogP contribution in [0.2, 0.25) is 0 Å². The molecule has 0 saturated heterocycles. The summed E-state index contributed by atoms with van der Waals surface area (Å²) in [7, 11) is 3.01. The van der Waals surface area contributed by atoms with E-state index in [2.05, 4.69) is 10.1 Å². The van der Waals surface area contributed by atoms with Crippen molar-refractivity contribution >= 4 is 11.0 Å². The number of ether oxygens (including phenoxy) is 1. The number of aromatic nitrogens is 4. The number of imidazole rings is 1. The highest BCUT2D eigenvalue weighted by Crippen LogP contribution is 2.36. The summed E-state index contributed by atoms with van der Waals surface area (Å²) in [5.74, 6) is -1.44. The molecular formula is C19H15F3N4O. The van der Waals surface area contributed by atoms with Crippen molar-refractivity contribution in [1.29, 1.82) is 0 Å². The van der Waals surface area contributed by atoms with Gasteiger partial charge in [0.1, 0.15) is 35.3 Å². The van der Waals surface area contributed by atoms with E-state index < -0.39 is 17.5 Å². The van der Waals surface area contributed by atoms with Crippen molar-refractivity contribution in [3.05, 3.63) is 59.8 Å². The molecule has 138 valence electrons. The molecule has 0 bridgehead atoms. The van der Waals surface area contributed by atoms with Crippen LogP contribution in [-0.2, 0) is 7.05 Å². The molecule has 2 aromatic carbocycles. The van der Waals surface area contributed by atoms with Crippen LogP contribution in [0, 0.1) is 24.4 Å². The third-order valence-corrected chi connectivity index (χ3v) is 4.43. The van der Waals surface area contributed by atoms with Crippen LogP contribution in [0.25, 0.3) is 28.0 Å². The summed E-state index contributed by atoms with van der Waals surface area (Å²) >= 11 is 0. The molecule has 0 fully saturated rings. The van der Waals surface area contributed by atoms with E-state index in [9.17, 15) is 13.2 Å². The van der Waals surface area contributed by atoms with Gasteiger partial charge >= 0.3 is 0 Å². The Morgan fingerprint density at radius 1 is 1.00 bits per heavy atom. The molecule has 0 radical (unpaired) electrons. The van der Waals surface area contributed by atoms with E-state index in [1.165, 1.54) is 30.3 Å². The first-order valence-corrected chi connectivity index (χ1v) is 8.10. The van der Waals surface area contributed by atoms with Crippen LogP contribution in [0.5, 0.6) is 5.75 Å². The second-order valence-electron chi connectivity index (χ2n) is 6.12. The Labute approximate surface area is 152 Å². The maximum atomic E-state index is 14.7. The number of benzene rings is 2. The van der Waals surface area contributed by atoms with Crippen LogP contribution in [0.15, 0.2) is 36.7 Å². The highest BCUT2D eigenvalue weighted by Gasteiger charge is 2.25. The normalized spacial score (nSPS) is 11.3. The molecule has 5 nitrogen and oxygen atoms in total. The third kappa shape index (κ3) is 2.64. The fraction of sp³-hybridized carbons (Fsp3) is 0.158. The molecule has 0 aliphatic rings. The highest BCUT2D eigenvalue weighted by molar-refractivity contribution is 5.82. The van der Waals surface area contributed by atoms with Gasteiger partial charge in [0.2, 0.25) is 0 Å². The summed E-state index contributed by atoms with van der Waals surface area (Å²) < 4.78 is 51.0. The van der Waals surface area contributed by atoms with Gasteiger partial charge < -0.3 is 4.74 Å². The fourth-order valence-corrected chi connectivity index (χ4v) is 3.28. The van der Waals surface area contributed by atoms with Crippen molar-refractivity contribution in [2.24, 2.45) is 7.05 Å². The minimum atomic E-state index is -0.764. The minimum Gasteiger partial charge on any atom is -0.497 e. The van der Waals surface area contributed by atoms with Crippen LogP contribution in [0.4, 0.5) is 13.2 Å². The number of methoxy groups -OCH3 is 1. The molecule has 0 aliphatic heterocycles. The predicted octanol–water partition coefficient (Wildman–Crippen LogP) is 4.16. The smallest absolute Gasteiger partial charge is 0.144 e. The molecule has 0 atom stereocenters. The first-order valence-electron chi connectivity index (χ1n) is 8.10. The van der Waals surface area contributed by atoms with Crippen molar-refractivity contribution in [2.45, 2.75) is 6.92 Å². The van der Waals surface area contributed by atoms with Gasteiger partial charge in [-0.25, -0.2) is 18.2 Å². The Kier molecular flexibility index (Phi) is 3.91. The maximum Gasteiger partial charge on any atom is 0.144 e. The van der Waals surface area contributed by atoms with Crippen molar-refractivity contribution in [3.8, 4) is 22.7 Å². The highest BCUT2D eigenvalue weighted by atomic mass is 19.1. The lowest BCUT2D eigenvalue weighted by atomic mass is 10.0. The second-order valence-corrected chi connectivity index (χ2v) is 6.12. The summed E-state index contributed by atoms with van der Waals surface area (Å²) in [6.45, 7) is 1.67. The Bertz CT molecular complexity index is 1160. The van der Waals surface area contributed by atoms with Crippen molar-refractivity contribution in [1.82, 2.24) is 19.3 Å². The van der Waals surface area contributed by atoms with Gasteiger partial charge in [-0.3, -0.25) is 9.25 Å². The minimum absolute atomic E-state index is 0.0837. The molecule has 0 spiro atoms. The van der Waals surface area contributed by atoms with E-state index in [-0.39, 0.29) is 11.3 Å². The van der Waals surface area contributed by atoms with Crippen LogP contribution in [0.3, 0.4) is 0 Å². The van der Waals surface area contributed by atoms with Crippen molar-refractivity contribution in [3.63, 3.8) is 0 Å². The summed E-state index contributed by atoms with van der Waals surface area (Å²) in [5, 5.41) is 4.32. The number of fused-ring (bicyclic) bond motifs is 1. The van der Waals surface area contributed by atoms with Gasteiger partial charge in [0.15, 0.2) is 0 Å². The third-order valence-electron chi connectivity index (χ3n) is 4.43. The van der Waals surface area contributed by atoms with Crippen LogP contribution < -0.4 is 4.74 Å². The fourth-order valence-electron chi connectivity index (χ4n) is 3.28. The summed E-state index contributed by atoms with van der Waals surface area (Å²) in [4.78, 5) is 4.19. The van der Waals surface area contributed by atoms with Crippen molar-refractivity contribution in [2.75, 3.05) is 7.11 Å². The molecule has 4 rings (SSSR count). The molecule has 2 aromatic heterocycles. The molecular weight excluding hydrogens is 357 g/mol. The maximum absolute atomic E-state index is 14.7. The van der Waals surface area contributed by atoms with Crippen LogP contribution >= 0.6 is 0 Å². The molecule has 27 heavy (non-hydrogen) atoms. The van der Waals surface area contributed by atoms with E-state index in [1.807, 2.05) is 0 Å². The Balaban J connectivity index is 2.03. The Morgan fingerprint density at radius 3 is 2.37 bits per heavy atom. The Morgan fingerprint density at radius 2 is 1.70 bits per heavy atom. The average molecular weight is 372 g/mol. The SMILES string of the molecule is COc1cc(F)c(-c2c(C)nn(C)c2-n2cnc3cc(F)ccc32)c(F)c1. The topological polar surface area (TPSA) is 44.9 Å². The number of rotatable bonds is 3. The zero-order valence-electron chi connectivity index (χ0n) is 14.8. The lowest BCUT2D eigenvalue weighted by Gasteiger charge is -2.12. The summed E-state index contributed by atoms with van der Waals surface area (Å²) in [6, 6.07) is 6.40. The number of nitrogens with zero attached hydrogens (tertiary/aromatic N) is 4. The Hall–Kier alpha value is -3.29. The monoisotopic (exact) mass is 372 g/mol. The van der Waals surface area contributed by atoms with Crippen LogP contribution in [0.1, 0.15) is 5.69 Å². The number of hydrogen-bond acceptors (Lipinski definition) is 3. The van der Waals surface area contributed by atoms with E-state index in [0.717, 1.165) is 12.1 Å². The summed E-state index contributed by atoms with van der Waals surface area (Å²) in [5.41, 5.74) is 1.55. The number of aryl methyl sites for hydroxylation is 2.